The Hall–Kier alpha value is -2.87. The molecule has 0 spiro atoms. The average Bonchev–Trinajstić information content (AvgIpc) is 3.58. The van der Waals surface area contributed by atoms with Crippen molar-refractivity contribution in [3.63, 3.8) is 0 Å². The summed E-state index contributed by atoms with van der Waals surface area (Å²) in [5.74, 6) is 0.850. The van der Waals surface area contributed by atoms with Crippen LogP contribution in [0.3, 0.4) is 0 Å². The van der Waals surface area contributed by atoms with Gasteiger partial charge in [-0.3, -0.25) is 9.10 Å². The Balaban J connectivity index is 1.89. The maximum absolute atomic E-state index is 12.9. The minimum absolute atomic E-state index is 0.238. The molecule has 7 nitrogen and oxygen atoms in total. The third-order valence-corrected chi connectivity index (χ3v) is 7.48. The number of sulfonamides is 1. The minimum Gasteiger partial charge on any atom is -0.437 e. The lowest BCUT2D eigenvalue weighted by Gasteiger charge is -2.23. The van der Waals surface area contributed by atoms with Gasteiger partial charge in [-0.2, -0.15) is 4.98 Å². The molecule has 2 aromatic heterocycles. The number of carbonyl (C=O) groups excluding carboxylic acids is 1. The van der Waals surface area contributed by atoms with Crippen LogP contribution in [-0.2, 0) is 10.0 Å². The molecule has 0 saturated heterocycles. The van der Waals surface area contributed by atoms with Gasteiger partial charge in [-0.15, -0.1) is 0 Å². The fourth-order valence-corrected chi connectivity index (χ4v) is 5.21. The van der Waals surface area contributed by atoms with E-state index >= 15 is 0 Å². The molecule has 4 rings (SSSR count). The molecule has 8 heteroatoms. The van der Waals surface area contributed by atoms with Crippen molar-refractivity contribution in [3.05, 3.63) is 47.0 Å². The van der Waals surface area contributed by atoms with E-state index in [-0.39, 0.29) is 17.5 Å². The Morgan fingerprint density at radius 3 is 2.47 bits per heavy atom. The van der Waals surface area contributed by atoms with Gasteiger partial charge in [0.2, 0.25) is 15.7 Å². The van der Waals surface area contributed by atoms with Crippen LogP contribution in [0.4, 0.5) is 5.82 Å². The second kappa shape index (κ2) is 9.78. The number of fused-ring (bicyclic) bond motifs is 1. The van der Waals surface area contributed by atoms with Gasteiger partial charge in [0.25, 0.3) is 5.91 Å². The van der Waals surface area contributed by atoms with Gasteiger partial charge < -0.3 is 9.73 Å². The highest BCUT2D eigenvalue weighted by molar-refractivity contribution is 7.92. The summed E-state index contributed by atoms with van der Waals surface area (Å²) in [7, 11) is -1.94. The van der Waals surface area contributed by atoms with Gasteiger partial charge in [-0.25, -0.2) is 8.42 Å². The molecule has 0 atom stereocenters. The molecule has 1 saturated carbocycles. The second-order valence-corrected chi connectivity index (χ2v) is 11.1. The summed E-state index contributed by atoms with van der Waals surface area (Å²) in [6.45, 7) is 4.50. The monoisotopic (exact) mass is 483 g/mol. The lowest BCUT2D eigenvalue weighted by atomic mass is 10.0. The van der Waals surface area contributed by atoms with Crippen LogP contribution in [-0.4, -0.2) is 39.2 Å². The summed E-state index contributed by atoms with van der Waals surface area (Å²) in [5, 5.41) is 3.32. The van der Waals surface area contributed by atoms with Crippen molar-refractivity contribution in [2.24, 2.45) is 0 Å². The fourth-order valence-electron chi connectivity index (χ4n) is 4.29. The van der Waals surface area contributed by atoms with Crippen molar-refractivity contribution >= 4 is 32.8 Å². The van der Waals surface area contributed by atoms with Crippen LogP contribution in [0.1, 0.15) is 72.9 Å². The van der Waals surface area contributed by atoms with Gasteiger partial charge in [0.15, 0.2) is 0 Å². The number of nitrogens with zero attached hydrogens (tertiary/aromatic N) is 2. The molecule has 1 amide bonds. The number of aryl methyl sites for hydroxylation is 1. The number of benzene rings is 1. The molecule has 1 aliphatic rings. The average molecular weight is 484 g/mol. The Labute approximate surface area is 201 Å². The molecule has 1 aliphatic carbocycles. The van der Waals surface area contributed by atoms with Gasteiger partial charge in [0, 0.05) is 19.2 Å². The number of unbranched alkanes of at least 4 members (excludes halogenated alkanes) is 3. The third-order valence-electron chi connectivity index (χ3n) is 6.33. The van der Waals surface area contributed by atoms with E-state index in [1.807, 2.05) is 37.3 Å². The smallest absolute Gasteiger partial charge is 0.255 e. The van der Waals surface area contributed by atoms with E-state index in [2.05, 4.69) is 12.2 Å². The number of carbonyl (C=O) groups is 1. The zero-order chi connectivity index (χ0) is 24.5. The summed E-state index contributed by atoms with van der Waals surface area (Å²) in [4.78, 5) is 17.7. The van der Waals surface area contributed by atoms with Gasteiger partial charge in [0.05, 0.1) is 17.2 Å². The number of anilines is 1. The van der Waals surface area contributed by atoms with Crippen LogP contribution in [0.25, 0.3) is 22.4 Å². The van der Waals surface area contributed by atoms with Crippen molar-refractivity contribution < 1.29 is 17.6 Å². The van der Waals surface area contributed by atoms with Crippen LogP contribution < -0.4 is 9.62 Å². The van der Waals surface area contributed by atoms with E-state index in [0.717, 1.165) is 55.2 Å². The quantitative estimate of drug-likeness (QED) is 0.391. The maximum atomic E-state index is 12.9. The standard InChI is InChI=1S/C26H33N3O4S/c1-5-6-7-8-15-29(34(4,31)32)24-20(18-13-14-18)16-21-22(25(30)27-3)23(33-26(21)28-24)19-11-9-17(2)10-12-19/h9-12,16,18H,5-8,13-15H2,1-4H3,(H,27,30). The van der Waals surface area contributed by atoms with Gasteiger partial charge in [-0.1, -0.05) is 56.0 Å². The Morgan fingerprint density at radius 2 is 1.88 bits per heavy atom. The van der Waals surface area contributed by atoms with Crippen LogP contribution in [0, 0.1) is 6.92 Å². The molecule has 34 heavy (non-hydrogen) atoms. The van der Waals surface area contributed by atoms with E-state index in [4.69, 9.17) is 9.40 Å². The zero-order valence-electron chi connectivity index (χ0n) is 20.3. The number of hydrogen-bond donors (Lipinski definition) is 1. The predicted octanol–water partition coefficient (Wildman–Crippen LogP) is 5.39. The number of hydrogen-bond acceptors (Lipinski definition) is 5. The Kier molecular flexibility index (Phi) is 6.98. The summed E-state index contributed by atoms with van der Waals surface area (Å²) in [6, 6.07) is 9.68. The molecule has 1 aromatic carbocycles. The maximum Gasteiger partial charge on any atom is 0.255 e. The largest absolute Gasteiger partial charge is 0.437 e. The molecular formula is C26H33N3O4S. The summed E-state index contributed by atoms with van der Waals surface area (Å²) < 4.78 is 33.2. The first kappa shape index (κ1) is 24.3. The van der Waals surface area contributed by atoms with Crippen LogP contribution in [0.5, 0.6) is 0 Å². The Bertz CT molecular complexity index is 1290. The zero-order valence-corrected chi connectivity index (χ0v) is 21.2. The van der Waals surface area contributed by atoms with Crippen molar-refractivity contribution in [1.29, 1.82) is 0 Å². The van der Waals surface area contributed by atoms with E-state index in [1.54, 1.807) is 7.05 Å². The van der Waals surface area contributed by atoms with Crippen LogP contribution >= 0.6 is 0 Å². The van der Waals surface area contributed by atoms with Gasteiger partial charge in [-0.05, 0) is 43.7 Å². The predicted molar refractivity (Wildman–Crippen MR) is 136 cm³/mol. The summed E-state index contributed by atoms with van der Waals surface area (Å²) in [5.41, 5.74) is 3.45. The van der Waals surface area contributed by atoms with E-state index in [1.165, 1.54) is 10.6 Å². The molecule has 3 aromatic rings. The Morgan fingerprint density at radius 1 is 1.18 bits per heavy atom. The summed E-state index contributed by atoms with van der Waals surface area (Å²) in [6.07, 6.45) is 7.05. The first-order valence-corrected chi connectivity index (χ1v) is 13.8. The topological polar surface area (TPSA) is 92.5 Å². The van der Waals surface area contributed by atoms with Gasteiger partial charge >= 0.3 is 0 Å². The minimum atomic E-state index is -3.53. The number of rotatable bonds is 10. The number of amides is 1. The molecule has 2 heterocycles. The normalized spacial score (nSPS) is 13.9. The van der Waals surface area contributed by atoms with E-state index in [9.17, 15) is 13.2 Å². The third kappa shape index (κ3) is 4.97. The molecular weight excluding hydrogens is 450 g/mol. The molecule has 1 fully saturated rings. The number of aromatic nitrogens is 1. The SMILES string of the molecule is CCCCCCN(c1nc2oc(-c3ccc(C)cc3)c(C(=O)NC)c2cc1C1CC1)S(C)(=O)=O. The lowest BCUT2D eigenvalue weighted by Crippen LogP contribution is -2.32. The summed E-state index contributed by atoms with van der Waals surface area (Å²) >= 11 is 0. The highest BCUT2D eigenvalue weighted by atomic mass is 32.2. The number of nitrogens with one attached hydrogen (secondary N) is 1. The lowest BCUT2D eigenvalue weighted by molar-refractivity contribution is 0.0964. The molecule has 0 unspecified atom stereocenters. The van der Waals surface area contributed by atoms with Crippen molar-refractivity contribution in [2.45, 2.75) is 58.3 Å². The highest BCUT2D eigenvalue weighted by Gasteiger charge is 2.34. The van der Waals surface area contributed by atoms with Crippen LogP contribution in [0.15, 0.2) is 34.7 Å². The van der Waals surface area contributed by atoms with Crippen molar-refractivity contribution in [1.82, 2.24) is 10.3 Å². The van der Waals surface area contributed by atoms with E-state index < -0.39 is 10.0 Å². The number of furan rings is 1. The van der Waals surface area contributed by atoms with Crippen molar-refractivity contribution in [3.8, 4) is 11.3 Å². The fraction of sp³-hybridized carbons (Fsp3) is 0.462. The molecule has 0 bridgehead atoms. The second-order valence-electron chi connectivity index (χ2n) is 9.18. The first-order chi connectivity index (χ1) is 16.2. The van der Waals surface area contributed by atoms with E-state index in [0.29, 0.717) is 29.1 Å². The number of pyridine rings is 1. The molecule has 182 valence electrons. The van der Waals surface area contributed by atoms with Crippen molar-refractivity contribution in [2.75, 3.05) is 24.2 Å². The molecule has 0 radical (unpaired) electrons. The highest BCUT2D eigenvalue weighted by Crippen LogP contribution is 2.46. The van der Waals surface area contributed by atoms with Crippen LogP contribution in [0.2, 0.25) is 0 Å². The first-order valence-electron chi connectivity index (χ1n) is 12.0. The van der Waals surface area contributed by atoms with Gasteiger partial charge in [0.1, 0.15) is 11.6 Å². The molecule has 1 N–H and O–H groups in total. The molecule has 0 aliphatic heterocycles.